The van der Waals surface area contributed by atoms with Gasteiger partial charge in [0, 0.05) is 24.6 Å². The van der Waals surface area contributed by atoms with Crippen LogP contribution in [0.4, 0.5) is 0 Å². The van der Waals surface area contributed by atoms with Crippen LogP contribution in [0.3, 0.4) is 0 Å². The number of nitrogens with one attached hydrogen (secondary N) is 1. The van der Waals surface area contributed by atoms with Gasteiger partial charge in [-0.3, -0.25) is 9.36 Å². The fourth-order valence-electron chi connectivity index (χ4n) is 4.22. The number of imidazole rings is 1. The van der Waals surface area contributed by atoms with Crippen LogP contribution in [0.15, 0.2) is 89.9 Å². The monoisotopic (exact) mass is 435 g/mol. The summed E-state index contributed by atoms with van der Waals surface area (Å²) in [6.45, 7) is 0.218. The summed E-state index contributed by atoms with van der Waals surface area (Å²) in [5.41, 5.74) is 5.24. The Kier molecular flexibility index (Phi) is 4.69. The molecule has 33 heavy (non-hydrogen) atoms. The van der Waals surface area contributed by atoms with Crippen molar-refractivity contribution in [1.29, 1.82) is 0 Å². The molecule has 0 bridgehead atoms. The van der Waals surface area contributed by atoms with E-state index in [2.05, 4.69) is 17.1 Å². The quantitative estimate of drug-likeness (QED) is 0.439. The Morgan fingerprint density at radius 3 is 2.30 bits per heavy atom. The molecule has 0 aliphatic carbocycles. The van der Waals surface area contributed by atoms with Gasteiger partial charge in [-0.15, -0.1) is 0 Å². The van der Waals surface area contributed by atoms with Gasteiger partial charge in [0.2, 0.25) is 6.79 Å². The van der Waals surface area contributed by atoms with E-state index in [9.17, 15) is 4.79 Å². The molecule has 6 heteroatoms. The Balaban J connectivity index is 1.49. The number of aromatic amines is 1. The molecule has 3 heterocycles. The van der Waals surface area contributed by atoms with Crippen LogP contribution in [-0.4, -0.2) is 21.3 Å². The number of rotatable bonds is 5. The predicted octanol–water partition coefficient (Wildman–Crippen LogP) is 4.58. The molecule has 0 unspecified atom stereocenters. The van der Waals surface area contributed by atoms with Crippen molar-refractivity contribution in [2.24, 2.45) is 0 Å². The van der Waals surface area contributed by atoms with Gasteiger partial charge in [0.05, 0.1) is 11.4 Å². The second-order valence-electron chi connectivity index (χ2n) is 8.10. The van der Waals surface area contributed by atoms with Crippen molar-refractivity contribution in [3.05, 3.63) is 118 Å². The standard InChI is InChI=1S/C27H21N3O3/c31-27-22(14-19-9-5-2-6-10-19)29-26-21(13-18-7-3-1-4-8-18)28-23(16-30(26)27)20-11-12-24-25(15-20)33-17-32-24/h1-12,15-16,28H,13-14,17H2. The summed E-state index contributed by atoms with van der Waals surface area (Å²) in [5.74, 6) is 2.07. The van der Waals surface area contributed by atoms with Gasteiger partial charge in [-0.1, -0.05) is 60.7 Å². The van der Waals surface area contributed by atoms with E-state index in [-0.39, 0.29) is 12.4 Å². The summed E-state index contributed by atoms with van der Waals surface area (Å²) in [5, 5.41) is 0. The van der Waals surface area contributed by atoms with Gasteiger partial charge in [0.15, 0.2) is 17.3 Å². The maximum absolute atomic E-state index is 13.4. The third-order valence-corrected chi connectivity index (χ3v) is 5.87. The highest BCUT2D eigenvalue weighted by Crippen LogP contribution is 2.36. The van der Waals surface area contributed by atoms with Crippen LogP contribution in [0, 0.1) is 0 Å². The zero-order chi connectivity index (χ0) is 22.2. The summed E-state index contributed by atoms with van der Waals surface area (Å²) >= 11 is 0. The minimum absolute atomic E-state index is 0.0980. The van der Waals surface area contributed by atoms with Crippen molar-refractivity contribution < 1.29 is 9.47 Å². The smallest absolute Gasteiger partial charge is 0.278 e. The van der Waals surface area contributed by atoms with Crippen LogP contribution < -0.4 is 15.0 Å². The molecule has 0 saturated carbocycles. The molecule has 3 aliphatic heterocycles. The zero-order valence-corrected chi connectivity index (χ0v) is 17.8. The maximum atomic E-state index is 13.4. The Bertz CT molecular complexity index is 1460. The van der Waals surface area contributed by atoms with E-state index < -0.39 is 0 Å². The largest absolute Gasteiger partial charge is 0.454 e. The molecule has 0 fully saturated rings. The van der Waals surface area contributed by atoms with Crippen molar-refractivity contribution >= 4 is 0 Å². The van der Waals surface area contributed by atoms with Crippen LogP contribution in [0.1, 0.15) is 22.5 Å². The Morgan fingerprint density at radius 2 is 1.55 bits per heavy atom. The lowest BCUT2D eigenvalue weighted by Gasteiger charge is -2.13. The van der Waals surface area contributed by atoms with Crippen LogP contribution in [0.25, 0.3) is 17.1 Å². The number of hydrogen-bond donors (Lipinski definition) is 1. The van der Waals surface area contributed by atoms with Crippen LogP contribution >= 0.6 is 0 Å². The van der Waals surface area contributed by atoms with Crippen molar-refractivity contribution in [2.45, 2.75) is 12.8 Å². The second-order valence-corrected chi connectivity index (χ2v) is 8.10. The van der Waals surface area contributed by atoms with Gasteiger partial charge in [-0.2, -0.15) is 0 Å². The summed E-state index contributed by atoms with van der Waals surface area (Å²) in [6, 6.07) is 25.9. The molecule has 6 nitrogen and oxygen atoms in total. The maximum Gasteiger partial charge on any atom is 0.278 e. The summed E-state index contributed by atoms with van der Waals surface area (Å²) in [6.07, 6.45) is 2.95. The first kappa shape index (κ1) is 19.4. The number of H-pyrrole nitrogens is 1. The molecule has 3 aromatic rings. The van der Waals surface area contributed by atoms with E-state index >= 15 is 0 Å². The average Bonchev–Trinajstić information content (AvgIpc) is 3.45. The molecule has 3 aliphatic rings. The normalized spacial score (nSPS) is 12.4. The Labute approximate surface area is 190 Å². The highest BCUT2D eigenvalue weighted by atomic mass is 16.7. The van der Waals surface area contributed by atoms with Crippen molar-refractivity contribution in [2.75, 3.05) is 6.79 Å². The first-order chi connectivity index (χ1) is 16.2. The molecule has 6 rings (SSSR count). The van der Waals surface area contributed by atoms with Crippen molar-refractivity contribution in [3.8, 4) is 28.6 Å². The minimum atomic E-state index is -0.0980. The van der Waals surface area contributed by atoms with E-state index in [1.54, 1.807) is 4.57 Å². The molecule has 0 radical (unpaired) electrons. The number of nitrogens with zero attached hydrogens (tertiary/aromatic N) is 2. The molecule has 0 saturated heterocycles. The molecule has 0 atom stereocenters. The molecule has 1 N–H and O–H groups in total. The fourth-order valence-corrected chi connectivity index (χ4v) is 4.22. The van der Waals surface area contributed by atoms with E-state index in [1.807, 2.05) is 72.9 Å². The molecule has 162 valence electrons. The SMILES string of the molecule is O=c1c(Cc2ccccc2)nc2c(Cc3ccccc3)[nH]c(-c3ccc4c(c3)OCO4)cn1-2. The van der Waals surface area contributed by atoms with E-state index in [4.69, 9.17) is 14.5 Å². The minimum Gasteiger partial charge on any atom is -0.454 e. The van der Waals surface area contributed by atoms with Gasteiger partial charge in [-0.05, 0) is 29.3 Å². The van der Waals surface area contributed by atoms with E-state index in [1.165, 1.54) is 0 Å². The lowest BCUT2D eigenvalue weighted by atomic mass is 10.1. The lowest BCUT2D eigenvalue weighted by Crippen LogP contribution is -2.17. The molecular formula is C27H21N3O3. The first-order valence-electron chi connectivity index (χ1n) is 10.9. The number of benzene rings is 3. The highest BCUT2D eigenvalue weighted by molar-refractivity contribution is 5.65. The zero-order valence-electron chi connectivity index (χ0n) is 17.8. The average molecular weight is 435 g/mol. The van der Waals surface area contributed by atoms with Gasteiger partial charge >= 0.3 is 0 Å². The molecule has 0 spiro atoms. The van der Waals surface area contributed by atoms with Crippen molar-refractivity contribution in [3.63, 3.8) is 0 Å². The number of hydrogen-bond acceptors (Lipinski definition) is 4. The molecule has 3 aromatic carbocycles. The Hall–Kier alpha value is -4.32. The third kappa shape index (κ3) is 3.65. The van der Waals surface area contributed by atoms with Crippen LogP contribution in [-0.2, 0) is 12.8 Å². The van der Waals surface area contributed by atoms with E-state index in [0.717, 1.165) is 33.8 Å². The third-order valence-electron chi connectivity index (χ3n) is 5.87. The summed E-state index contributed by atoms with van der Waals surface area (Å²) in [7, 11) is 0. The summed E-state index contributed by atoms with van der Waals surface area (Å²) < 4.78 is 12.7. The van der Waals surface area contributed by atoms with Crippen LogP contribution in [0.5, 0.6) is 11.5 Å². The Morgan fingerprint density at radius 1 is 0.848 bits per heavy atom. The van der Waals surface area contributed by atoms with Gasteiger partial charge in [-0.25, -0.2) is 4.98 Å². The number of fused-ring (bicyclic) bond motifs is 2. The van der Waals surface area contributed by atoms with E-state index in [0.29, 0.717) is 30.1 Å². The fraction of sp³-hybridized carbons (Fsp3) is 0.111. The topological polar surface area (TPSA) is 69.1 Å². The first-order valence-corrected chi connectivity index (χ1v) is 10.9. The van der Waals surface area contributed by atoms with Crippen LogP contribution in [0.2, 0.25) is 0 Å². The molecule has 0 aromatic heterocycles. The number of ether oxygens (including phenoxy) is 2. The second kappa shape index (κ2) is 7.98. The molecule has 0 amide bonds. The van der Waals surface area contributed by atoms with Crippen molar-refractivity contribution in [1.82, 2.24) is 14.5 Å². The highest BCUT2D eigenvalue weighted by Gasteiger charge is 2.21. The predicted molar refractivity (Wildman–Crippen MR) is 125 cm³/mol. The van der Waals surface area contributed by atoms with Gasteiger partial charge in [0.1, 0.15) is 5.69 Å². The number of aromatic nitrogens is 3. The summed E-state index contributed by atoms with van der Waals surface area (Å²) in [4.78, 5) is 21.7. The van der Waals surface area contributed by atoms with Gasteiger partial charge < -0.3 is 14.5 Å². The molecular weight excluding hydrogens is 414 g/mol. The van der Waals surface area contributed by atoms with Gasteiger partial charge in [0.25, 0.3) is 5.56 Å². The lowest BCUT2D eigenvalue weighted by molar-refractivity contribution is 0.174.